The highest BCUT2D eigenvalue weighted by atomic mass is 16.5. The number of carbonyl (C=O) groups excluding carboxylic acids is 1. The number of aliphatic hydroxyl groups excluding tert-OH is 1. The van der Waals surface area contributed by atoms with Gasteiger partial charge < -0.3 is 20.5 Å². The second-order valence-electron chi connectivity index (χ2n) is 7.76. The number of fused-ring (bicyclic) bond motifs is 1. The van der Waals surface area contributed by atoms with E-state index in [1.165, 1.54) is 0 Å². The molecule has 1 unspecified atom stereocenters. The second-order valence-corrected chi connectivity index (χ2v) is 7.76. The van der Waals surface area contributed by atoms with Gasteiger partial charge in [0.25, 0.3) is 0 Å². The van der Waals surface area contributed by atoms with Crippen molar-refractivity contribution < 1.29 is 14.6 Å². The Balaban J connectivity index is 1.76. The van der Waals surface area contributed by atoms with Crippen molar-refractivity contribution in [2.24, 2.45) is 0 Å². The van der Waals surface area contributed by atoms with Crippen molar-refractivity contribution in [2.75, 3.05) is 19.0 Å². The molecule has 0 fully saturated rings. The van der Waals surface area contributed by atoms with E-state index >= 15 is 0 Å². The van der Waals surface area contributed by atoms with Crippen molar-refractivity contribution in [1.82, 2.24) is 10.3 Å². The minimum atomic E-state index is -0.559. The van der Waals surface area contributed by atoms with Crippen LogP contribution in [-0.2, 0) is 0 Å². The van der Waals surface area contributed by atoms with Crippen LogP contribution in [-0.4, -0.2) is 35.9 Å². The van der Waals surface area contributed by atoms with Crippen LogP contribution in [0.2, 0.25) is 0 Å². The van der Waals surface area contributed by atoms with Crippen LogP contribution in [0.3, 0.4) is 0 Å². The zero-order chi connectivity index (χ0) is 23.2. The minimum Gasteiger partial charge on any atom is -0.496 e. The van der Waals surface area contributed by atoms with E-state index in [1.54, 1.807) is 7.11 Å². The number of rotatable bonds is 7. The quantitative estimate of drug-likeness (QED) is 0.355. The number of amides is 2. The van der Waals surface area contributed by atoms with Gasteiger partial charge in [0.15, 0.2) is 0 Å². The Morgan fingerprint density at radius 3 is 2.52 bits per heavy atom. The highest BCUT2D eigenvalue weighted by Gasteiger charge is 2.15. The average molecular weight is 442 g/mol. The van der Waals surface area contributed by atoms with Gasteiger partial charge in [-0.2, -0.15) is 0 Å². The first kappa shape index (κ1) is 22.3. The van der Waals surface area contributed by atoms with Crippen molar-refractivity contribution in [3.8, 4) is 28.1 Å². The zero-order valence-electron chi connectivity index (χ0n) is 18.7. The molecule has 1 atom stereocenters. The normalized spacial score (nSPS) is 11.7. The predicted octanol–water partition coefficient (Wildman–Crippen LogP) is 5.47. The van der Waals surface area contributed by atoms with E-state index in [0.717, 1.165) is 39.0 Å². The van der Waals surface area contributed by atoms with E-state index < -0.39 is 6.10 Å². The maximum atomic E-state index is 12.2. The highest BCUT2D eigenvalue weighted by molar-refractivity contribution is 5.96. The Bertz CT molecular complexity index is 1260. The predicted molar refractivity (Wildman–Crippen MR) is 132 cm³/mol. The molecule has 168 valence electrons. The number of ether oxygens (including phenoxy) is 1. The van der Waals surface area contributed by atoms with Gasteiger partial charge in [0.2, 0.25) is 0 Å². The van der Waals surface area contributed by atoms with Crippen molar-refractivity contribution in [3.63, 3.8) is 0 Å². The molecule has 0 bridgehead atoms. The van der Waals surface area contributed by atoms with Gasteiger partial charge in [-0.05, 0) is 36.8 Å². The Morgan fingerprint density at radius 1 is 1.00 bits per heavy atom. The molecule has 2 amide bonds. The zero-order valence-corrected chi connectivity index (χ0v) is 18.7. The summed E-state index contributed by atoms with van der Waals surface area (Å²) >= 11 is 0. The first-order valence-corrected chi connectivity index (χ1v) is 11.0. The molecular weight excluding hydrogens is 414 g/mol. The first-order chi connectivity index (χ1) is 16.1. The van der Waals surface area contributed by atoms with Gasteiger partial charge >= 0.3 is 6.03 Å². The lowest BCUT2D eigenvalue weighted by Crippen LogP contribution is -2.34. The molecule has 0 radical (unpaired) electrons. The van der Waals surface area contributed by atoms with Gasteiger partial charge in [-0.15, -0.1) is 0 Å². The van der Waals surface area contributed by atoms with Crippen molar-refractivity contribution in [3.05, 3.63) is 78.9 Å². The summed E-state index contributed by atoms with van der Waals surface area (Å²) in [5, 5.41) is 16.1. The number of anilines is 1. The molecule has 0 saturated heterocycles. The molecule has 1 heterocycles. The lowest BCUT2D eigenvalue weighted by molar-refractivity contribution is 0.168. The summed E-state index contributed by atoms with van der Waals surface area (Å²) in [5.74, 6) is 0.763. The third kappa shape index (κ3) is 5.13. The summed E-state index contributed by atoms with van der Waals surface area (Å²) in [4.78, 5) is 17.2. The van der Waals surface area contributed by atoms with E-state index in [-0.39, 0.29) is 12.6 Å². The Labute approximate surface area is 193 Å². The van der Waals surface area contributed by atoms with Gasteiger partial charge in [0.05, 0.1) is 24.4 Å². The molecule has 0 aliphatic rings. The summed E-state index contributed by atoms with van der Waals surface area (Å²) in [6.45, 7) is 2.07. The standard InChI is InChI=1S/C27H27N3O3/c1-3-21(31)17-28-27(32)29-20-13-14-24-19(15-20)16-23(22-11-7-8-12-25(22)33-2)26(30-24)18-9-5-4-6-10-18/h4-16,21,31H,3,17H2,1-2H3,(H2,28,29,32). The number of urea groups is 1. The largest absolute Gasteiger partial charge is 0.496 e. The Morgan fingerprint density at radius 2 is 1.76 bits per heavy atom. The van der Waals surface area contributed by atoms with Crippen LogP contribution in [0.15, 0.2) is 78.9 Å². The number of para-hydroxylation sites is 1. The molecule has 0 aliphatic carbocycles. The van der Waals surface area contributed by atoms with Crippen LogP contribution in [0.25, 0.3) is 33.3 Å². The van der Waals surface area contributed by atoms with Crippen LogP contribution in [0.5, 0.6) is 5.75 Å². The number of carbonyl (C=O) groups is 1. The molecular formula is C27H27N3O3. The fourth-order valence-corrected chi connectivity index (χ4v) is 3.67. The van der Waals surface area contributed by atoms with E-state index in [4.69, 9.17) is 9.72 Å². The number of aromatic nitrogens is 1. The van der Waals surface area contributed by atoms with Crippen LogP contribution in [0, 0.1) is 0 Å². The van der Waals surface area contributed by atoms with Gasteiger partial charge in [0.1, 0.15) is 5.75 Å². The fraction of sp³-hybridized carbons (Fsp3) is 0.185. The lowest BCUT2D eigenvalue weighted by Gasteiger charge is -2.15. The summed E-state index contributed by atoms with van der Waals surface area (Å²) in [6, 6.07) is 25.2. The third-order valence-electron chi connectivity index (χ3n) is 5.49. The molecule has 4 aromatic rings. The molecule has 6 heteroatoms. The average Bonchev–Trinajstić information content (AvgIpc) is 2.86. The third-order valence-corrected chi connectivity index (χ3v) is 5.49. The maximum absolute atomic E-state index is 12.2. The van der Waals surface area contributed by atoms with Crippen LogP contribution < -0.4 is 15.4 Å². The number of hydrogen-bond donors (Lipinski definition) is 3. The van der Waals surface area contributed by atoms with Crippen molar-refractivity contribution in [2.45, 2.75) is 19.4 Å². The SMILES string of the molecule is CCC(O)CNC(=O)Nc1ccc2nc(-c3ccccc3)c(-c3ccccc3OC)cc2c1. The molecule has 3 aromatic carbocycles. The number of pyridine rings is 1. The van der Waals surface area contributed by atoms with Gasteiger partial charge in [-0.25, -0.2) is 9.78 Å². The number of benzene rings is 3. The lowest BCUT2D eigenvalue weighted by atomic mass is 9.96. The molecule has 33 heavy (non-hydrogen) atoms. The summed E-state index contributed by atoms with van der Waals surface area (Å²) < 4.78 is 5.62. The van der Waals surface area contributed by atoms with Crippen LogP contribution >= 0.6 is 0 Å². The summed E-state index contributed by atoms with van der Waals surface area (Å²) in [5.41, 5.74) is 5.22. The first-order valence-electron chi connectivity index (χ1n) is 11.0. The smallest absolute Gasteiger partial charge is 0.319 e. The summed E-state index contributed by atoms with van der Waals surface area (Å²) in [6.07, 6.45) is 0.0218. The highest BCUT2D eigenvalue weighted by Crippen LogP contribution is 2.38. The molecule has 1 aromatic heterocycles. The van der Waals surface area contributed by atoms with Crippen LogP contribution in [0.4, 0.5) is 10.5 Å². The van der Waals surface area contributed by atoms with E-state index in [9.17, 15) is 9.90 Å². The van der Waals surface area contributed by atoms with Gasteiger partial charge in [0, 0.05) is 34.3 Å². The second kappa shape index (κ2) is 10.1. The molecule has 0 spiro atoms. The topological polar surface area (TPSA) is 83.5 Å². The van der Waals surface area contributed by atoms with E-state index in [2.05, 4.69) is 16.7 Å². The number of methoxy groups -OCH3 is 1. The van der Waals surface area contributed by atoms with E-state index in [1.807, 2.05) is 79.7 Å². The van der Waals surface area contributed by atoms with E-state index in [0.29, 0.717) is 12.1 Å². The maximum Gasteiger partial charge on any atom is 0.319 e. The molecule has 6 nitrogen and oxygen atoms in total. The molecule has 3 N–H and O–H groups in total. The Kier molecular flexibility index (Phi) is 6.86. The molecule has 4 rings (SSSR count). The van der Waals surface area contributed by atoms with Gasteiger partial charge in [-0.1, -0.05) is 55.5 Å². The van der Waals surface area contributed by atoms with Gasteiger partial charge in [-0.3, -0.25) is 0 Å². The number of aliphatic hydroxyl groups is 1. The minimum absolute atomic E-state index is 0.204. The Hall–Kier alpha value is -3.90. The molecule has 0 saturated carbocycles. The molecule has 0 aliphatic heterocycles. The number of nitrogens with one attached hydrogen (secondary N) is 2. The number of hydrogen-bond acceptors (Lipinski definition) is 4. The van der Waals surface area contributed by atoms with Crippen molar-refractivity contribution in [1.29, 1.82) is 0 Å². The fourth-order valence-electron chi connectivity index (χ4n) is 3.67. The summed E-state index contributed by atoms with van der Waals surface area (Å²) in [7, 11) is 1.66. The monoisotopic (exact) mass is 441 g/mol. The number of nitrogens with zero attached hydrogens (tertiary/aromatic N) is 1. The van der Waals surface area contributed by atoms with Crippen molar-refractivity contribution >= 4 is 22.6 Å². The van der Waals surface area contributed by atoms with Crippen LogP contribution in [0.1, 0.15) is 13.3 Å².